The Morgan fingerprint density at radius 2 is 1.08 bits per heavy atom. The maximum absolute atomic E-state index is 11.8. The van der Waals surface area contributed by atoms with Crippen molar-refractivity contribution in [2.24, 2.45) is 0 Å². The largest absolute Gasteiger partial charge is 0.537 e. The SMILES string of the molecule is CCN(CC)[P+](=O)N(CC)CC. The second-order valence-electron chi connectivity index (χ2n) is 2.53. The van der Waals surface area contributed by atoms with E-state index in [-0.39, 0.29) is 0 Å². The van der Waals surface area contributed by atoms with Crippen LogP contribution in [0.4, 0.5) is 0 Å². The van der Waals surface area contributed by atoms with Crippen molar-refractivity contribution in [2.75, 3.05) is 26.2 Å². The molecule has 0 aromatic carbocycles. The van der Waals surface area contributed by atoms with Gasteiger partial charge in [-0.05, 0) is 32.3 Å². The maximum atomic E-state index is 11.8. The van der Waals surface area contributed by atoms with E-state index < -0.39 is 8.10 Å². The van der Waals surface area contributed by atoms with E-state index in [1.165, 1.54) is 0 Å². The molecule has 0 fully saturated rings. The lowest BCUT2D eigenvalue weighted by Crippen LogP contribution is -2.25. The highest BCUT2D eigenvalue weighted by molar-refractivity contribution is 7.39. The Labute approximate surface area is 76.6 Å². The van der Waals surface area contributed by atoms with Crippen LogP contribution in [-0.2, 0) is 4.57 Å². The fourth-order valence-electron chi connectivity index (χ4n) is 1.11. The quantitative estimate of drug-likeness (QED) is 0.602. The van der Waals surface area contributed by atoms with Gasteiger partial charge >= 0.3 is 8.10 Å². The van der Waals surface area contributed by atoms with Crippen LogP contribution in [0.3, 0.4) is 0 Å². The standard InChI is InChI=1S/C8H20N2OP/c1-5-9(6-2)12(11)10(7-3)8-4/h5-8H2,1-4H3/q+1. The fraction of sp³-hybridized carbons (Fsp3) is 1.00. The second kappa shape index (κ2) is 6.53. The van der Waals surface area contributed by atoms with E-state index in [4.69, 9.17) is 0 Å². The summed E-state index contributed by atoms with van der Waals surface area (Å²) >= 11 is 0. The smallest absolute Gasteiger partial charge is 0.0795 e. The van der Waals surface area contributed by atoms with Gasteiger partial charge in [0.1, 0.15) is 0 Å². The summed E-state index contributed by atoms with van der Waals surface area (Å²) in [6, 6.07) is 0. The summed E-state index contributed by atoms with van der Waals surface area (Å²) in [6.45, 7) is 11.6. The molecule has 0 saturated heterocycles. The zero-order chi connectivity index (χ0) is 9.56. The molecule has 0 rings (SSSR count). The van der Waals surface area contributed by atoms with Crippen molar-refractivity contribution in [3.63, 3.8) is 0 Å². The van der Waals surface area contributed by atoms with Gasteiger partial charge in [-0.2, -0.15) is 0 Å². The van der Waals surface area contributed by atoms with Crippen LogP contribution in [-0.4, -0.2) is 35.5 Å². The predicted octanol–water partition coefficient (Wildman–Crippen LogP) is 2.33. The number of nitrogens with zero attached hydrogens (tertiary/aromatic N) is 2. The average molecular weight is 191 g/mol. The molecule has 0 aromatic rings. The molecule has 0 heterocycles. The van der Waals surface area contributed by atoms with Crippen LogP contribution >= 0.6 is 8.10 Å². The maximum Gasteiger partial charge on any atom is 0.537 e. The van der Waals surface area contributed by atoms with Gasteiger partial charge in [-0.15, -0.1) is 0 Å². The lowest BCUT2D eigenvalue weighted by Gasteiger charge is -2.11. The van der Waals surface area contributed by atoms with Gasteiger partial charge in [-0.1, -0.05) is 9.34 Å². The number of rotatable bonds is 6. The lowest BCUT2D eigenvalue weighted by atomic mass is 10.7. The fourth-order valence-corrected chi connectivity index (χ4v) is 2.44. The molecule has 0 radical (unpaired) electrons. The minimum absolute atomic E-state index is 0.863. The minimum atomic E-state index is -1.29. The van der Waals surface area contributed by atoms with Crippen molar-refractivity contribution in [1.82, 2.24) is 9.34 Å². The molecular weight excluding hydrogens is 171 g/mol. The molecule has 0 aliphatic rings. The normalized spacial score (nSPS) is 11.2. The number of hydrogen-bond donors (Lipinski definition) is 0. The highest BCUT2D eigenvalue weighted by Crippen LogP contribution is 2.30. The molecule has 3 nitrogen and oxygen atoms in total. The van der Waals surface area contributed by atoms with Gasteiger partial charge in [-0.3, -0.25) is 0 Å². The van der Waals surface area contributed by atoms with Crippen molar-refractivity contribution >= 4 is 8.10 Å². The van der Waals surface area contributed by atoms with Crippen molar-refractivity contribution in [2.45, 2.75) is 27.7 Å². The van der Waals surface area contributed by atoms with E-state index in [2.05, 4.69) is 0 Å². The van der Waals surface area contributed by atoms with Crippen LogP contribution in [0, 0.1) is 0 Å². The molecule has 0 aromatic heterocycles. The Morgan fingerprint density at radius 3 is 1.25 bits per heavy atom. The van der Waals surface area contributed by atoms with Crippen molar-refractivity contribution in [3.8, 4) is 0 Å². The summed E-state index contributed by atoms with van der Waals surface area (Å²) < 4.78 is 15.7. The minimum Gasteiger partial charge on any atom is -0.0795 e. The Bertz CT molecular complexity index is 119. The molecule has 0 atom stereocenters. The summed E-state index contributed by atoms with van der Waals surface area (Å²) in [6.07, 6.45) is 0. The van der Waals surface area contributed by atoms with E-state index in [1.807, 2.05) is 37.0 Å². The first-order valence-electron chi connectivity index (χ1n) is 4.68. The first-order chi connectivity index (χ1) is 5.71. The Hall–Kier alpha value is 0.0200. The summed E-state index contributed by atoms with van der Waals surface area (Å²) in [7, 11) is -1.29. The summed E-state index contributed by atoms with van der Waals surface area (Å²) in [5.74, 6) is 0. The van der Waals surface area contributed by atoms with Crippen molar-refractivity contribution < 1.29 is 4.57 Å². The van der Waals surface area contributed by atoms with E-state index in [0.29, 0.717) is 0 Å². The molecule has 0 aliphatic heterocycles. The van der Waals surface area contributed by atoms with Crippen LogP contribution < -0.4 is 0 Å². The zero-order valence-electron chi connectivity index (χ0n) is 8.58. The highest BCUT2D eigenvalue weighted by atomic mass is 31.1. The van der Waals surface area contributed by atoms with E-state index in [9.17, 15) is 4.57 Å². The van der Waals surface area contributed by atoms with Crippen LogP contribution in [0.5, 0.6) is 0 Å². The van der Waals surface area contributed by atoms with Crippen LogP contribution in [0.25, 0.3) is 0 Å². The molecule has 12 heavy (non-hydrogen) atoms. The molecule has 0 aliphatic carbocycles. The molecular formula is C8H20N2OP+. The van der Waals surface area contributed by atoms with E-state index in [1.54, 1.807) is 0 Å². The van der Waals surface area contributed by atoms with Gasteiger partial charge in [0.2, 0.25) is 0 Å². The van der Waals surface area contributed by atoms with Crippen LogP contribution in [0.1, 0.15) is 27.7 Å². The lowest BCUT2D eigenvalue weighted by molar-refractivity contribution is 0.381. The first-order valence-corrected chi connectivity index (χ1v) is 5.84. The summed E-state index contributed by atoms with van der Waals surface area (Å²) in [5, 5.41) is 0. The van der Waals surface area contributed by atoms with E-state index in [0.717, 1.165) is 26.2 Å². The molecule has 72 valence electrons. The average Bonchev–Trinajstić information content (AvgIpc) is 2.09. The van der Waals surface area contributed by atoms with Crippen LogP contribution in [0.15, 0.2) is 0 Å². The molecule has 0 bridgehead atoms. The Morgan fingerprint density at radius 1 is 0.833 bits per heavy atom. The van der Waals surface area contributed by atoms with Gasteiger partial charge in [0.15, 0.2) is 0 Å². The van der Waals surface area contributed by atoms with Crippen molar-refractivity contribution in [3.05, 3.63) is 0 Å². The molecule has 0 unspecified atom stereocenters. The molecule has 0 spiro atoms. The third-order valence-corrected chi connectivity index (χ3v) is 4.04. The second-order valence-corrected chi connectivity index (χ2v) is 4.17. The first kappa shape index (κ1) is 12.0. The Kier molecular flexibility index (Phi) is 6.54. The third-order valence-electron chi connectivity index (χ3n) is 1.94. The highest BCUT2D eigenvalue weighted by Gasteiger charge is 2.31. The molecule has 0 N–H and O–H groups in total. The van der Waals surface area contributed by atoms with Crippen LogP contribution in [0.2, 0.25) is 0 Å². The predicted molar refractivity (Wildman–Crippen MR) is 53.4 cm³/mol. The monoisotopic (exact) mass is 191 g/mol. The molecule has 0 amide bonds. The van der Waals surface area contributed by atoms with Crippen molar-refractivity contribution in [1.29, 1.82) is 0 Å². The van der Waals surface area contributed by atoms with Gasteiger partial charge in [0.25, 0.3) is 0 Å². The Balaban J connectivity index is 4.12. The van der Waals surface area contributed by atoms with E-state index >= 15 is 0 Å². The van der Waals surface area contributed by atoms with Gasteiger partial charge in [0, 0.05) is 26.2 Å². The summed E-state index contributed by atoms with van der Waals surface area (Å²) in [4.78, 5) is 0. The van der Waals surface area contributed by atoms with Gasteiger partial charge in [-0.25, -0.2) is 0 Å². The summed E-state index contributed by atoms with van der Waals surface area (Å²) in [5.41, 5.74) is 0. The number of hydrogen-bond acceptors (Lipinski definition) is 1. The topological polar surface area (TPSA) is 23.6 Å². The zero-order valence-corrected chi connectivity index (χ0v) is 9.47. The molecule has 0 saturated carbocycles. The molecule has 4 heteroatoms. The van der Waals surface area contributed by atoms with Gasteiger partial charge < -0.3 is 0 Å². The van der Waals surface area contributed by atoms with Gasteiger partial charge in [0.05, 0.1) is 0 Å². The third kappa shape index (κ3) is 3.18.